The SMILES string of the molecule is O=C(Nc1ccc(-n2ccnc2)nc1)c1ccc(OCC(F)(F)F)nc1. The largest absolute Gasteiger partial charge is 0.468 e. The minimum atomic E-state index is -4.45. The first-order chi connectivity index (χ1) is 12.4. The molecule has 134 valence electrons. The third-order valence-corrected chi connectivity index (χ3v) is 3.16. The molecule has 10 heteroatoms. The van der Waals surface area contributed by atoms with Gasteiger partial charge in [0.1, 0.15) is 12.1 Å². The third-order valence-electron chi connectivity index (χ3n) is 3.16. The minimum Gasteiger partial charge on any atom is -0.468 e. The van der Waals surface area contributed by atoms with Gasteiger partial charge >= 0.3 is 6.18 Å². The highest BCUT2D eigenvalue weighted by Gasteiger charge is 2.28. The van der Waals surface area contributed by atoms with E-state index in [1.165, 1.54) is 18.3 Å². The molecule has 3 aromatic heterocycles. The average molecular weight is 363 g/mol. The first-order valence-electron chi connectivity index (χ1n) is 7.32. The van der Waals surface area contributed by atoms with Crippen molar-refractivity contribution < 1.29 is 22.7 Å². The van der Waals surface area contributed by atoms with Crippen molar-refractivity contribution in [2.45, 2.75) is 6.18 Å². The first-order valence-corrected chi connectivity index (χ1v) is 7.32. The fraction of sp³-hybridized carbons (Fsp3) is 0.125. The quantitative estimate of drug-likeness (QED) is 0.754. The molecule has 3 heterocycles. The second-order valence-corrected chi connectivity index (χ2v) is 5.12. The van der Waals surface area contributed by atoms with Crippen LogP contribution in [-0.4, -0.2) is 38.2 Å². The molecule has 7 nitrogen and oxygen atoms in total. The number of amides is 1. The Kier molecular flexibility index (Phi) is 4.83. The lowest BCUT2D eigenvalue weighted by Crippen LogP contribution is -2.19. The molecular formula is C16H12F3N5O2. The van der Waals surface area contributed by atoms with Crippen molar-refractivity contribution >= 4 is 11.6 Å². The molecular weight excluding hydrogens is 351 g/mol. The smallest absolute Gasteiger partial charge is 0.422 e. The van der Waals surface area contributed by atoms with E-state index in [0.717, 1.165) is 6.20 Å². The van der Waals surface area contributed by atoms with Crippen molar-refractivity contribution in [3.8, 4) is 11.7 Å². The summed E-state index contributed by atoms with van der Waals surface area (Å²) in [6.45, 7) is -1.44. The maximum Gasteiger partial charge on any atom is 0.422 e. The van der Waals surface area contributed by atoms with Crippen LogP contribution >= 0.6 is 0 Å². The Balaban J connectivity index is 1.61. The molecule has 0 aliphatic carbocycles. The summed E-state index contributed by atoms with van der Waals surface area (Å²) >= 11 is 0. The number of pyridine rings is 2. The number of anilines is 1. The average Bonchev–Trinajstić information content (AvgIpc) is 3.15. The van der Waals surface area contributed by atoms with Gasteiger partial charge in [-0.1, -0.05) is 0 Å². The van der Waals surface area contributed by atoms with Gasteiger partial charge in [-0.2, -0.15) is 13.2 Å². The Hall–Kier alpha value is -3.43. The van der Waals surface area contributed by atoms with Gasteiger partial charge in [-0.25, -0.2) is 15.0 Å². The van der Waals surface area contributed by atoms with E-state index in [1.807, 2.05) is 0 Å². The summed E-state index contributed by atoms with van der Waals surface area (Å²) in [5, 5.41) is 2.62. The Morgan fingerprint density at radius 3 is 2.58 bits per heavy atom. The van der Waals surface area contributed by atoms with Gasteiger partial charge in [0, 0.05) is 24.7 Å². The van der Waals surface area contributed by atoms with Gasteiger partial charge < -0.3 is 10.1 Å². The van der Waals surface area contributed by atoms with E-state index in [2.05, 4.69) is 25.0 Å². The lowest BCUT2D eigenvalue weighted by Gasteiger charge is -2.09. The number of hydrogen-bond donors (Lipinski definition) is 1. The van der Waals surface area contributed by atoms with Crippen molar-refractivity contribution in [1.82, 2.24) is 19.5 Å². The molecule has 1 N–H and O–H groups in total. The minimum absolute atomic E-state index is 0.169. The van der Waals surface area contributed by atoms with Gasteiger partial charge in [0.05, 0.1) is 17.4 Å². The number of imidazole rings is 1. The van der Waals surface area contributed by atoms with E-state index in [1.54, 1.807) is 35.4 Å². The molecule has 0 aliphatic heterocycles. The molecule has 26 heavy (non-hydrogen) atoms. The van der Waals surface area contributed by atoms with Crippen LogP contribution in [0.25, 0.3) is 5.82 Å². The molecule has 3 aromatic rings. The zero-order valence-electron chi connectivity index (χ0n) is 13.1. The standard InChI is InChI=1S/C16H12F3N5O2/c17-16(18,19)9-26-14-4-1-11(7-22-14)15(25)23-12-2-3-13(21-8-12)24-6-5-20-10-24/h1-8,10H,9H2,(H,23,25). The van der Waals surface area contributed by atoms with Crippen molar-refractivity contribution in [2.75, 3.05) is 11.9 Å². The molecule has 0 aromatic carbocycles. The number of ether oxygens (including phenoxy) is 1. The number of alkyl halides is 3. The van der Waals surface area contributed by atoms with E-state index in [9.17, 15) is 18.0 Å². The van der Waals surface area contributed by atoms with Crippen LogP contribution in [0.2, 0.25) is 0 Å². The Bertz CT molecular complexity index is 862. The van der Waals surface area contributed by atoms with Crippen LogP contribution < -0.4 is 10.1 Å². The summed E-state index contributed by atoms with van der Waals surface area (Å²) in [5.41, 5.74) is 0.624. The summed E-state index contributed by atoms with van der Waals surface area (Å²) in [4.78, 5) is 23.9. The lowest BCUT2D eigenvalue weighted by molar-refractivity contribution is -0.154. The van der Waals surface area contributed by atoms with Crippen LogP contribution in [0.3, 0.4) is 0 Å². The van der Waals surface area contributed by atoms with Gasteiger partial charge in [0.25, 0.3) is 5.91 Å². The molecule has 0 bridgehead atoms. The van der Waals surface area contributed by atoms with Crippen molar-refractivity contribution in [3.05, 3.63) is 60.9 Å². The lowest BCUT2D eigenvalue weighted by atomic mass is 10.2. The van der Waals surface area contributed by atoms with Crippen LogP contribution in [-0.2, 0) is 0 Å². The highest BCUT2D eigenvalue weighted by Crippen LogP contribution is 2.17. The number of halogens is 3. The Morgan fingerprint density at radius 1 is 1.15 bits per heavy atom. The van der Waals surface area contributed by atoms with Crippen molar-refractivity contribution in [2.24, 2.45) is 0 Å². The van der Waals surface area contributed by atoms with Gasteiger partial charge in [-0.15, -0.1) is 0 Å². The van der Waals surface area contributed by atoms with Gasteiger partial charge in [0.2, 0.25) is 5.88 Å². The number of rotatable bonds is 5. The summed E-state index contributed by atoms with van der Waals surface area (Å²) in [5.74, 6) is -0.0596. The molecule has 0 saturated heterocycles. The molecule has 0 fully saturated rings. The molecule has 1 amide bonds. The fourth-order valence-corrected chi connectivity index (χ4v) is 1.97. The Morgan fingerprint density at radius 2 is 2.00 bits per heavy atom. The molecule has 0 radical (unpaired) electrons. The summed E-state index contributed by atoms with van der Waals surface area (Å²) in [7, 11) is 0. The first kappa shape index (κ1) is 17.4. The summed E-state index contributed by atoms with van der Waals surface area (Å²) in [6, 6.07) is 5.88. The zero-order chi connectivity index (χ0) is 18.6. The number of hydrogen-bond acceptors (Lipinski definition) is 5. The van der Waals surface area contributed by atoms with E-state index < -0.39 is 18.7 Å². The molecule has 0 saturated carbocycles. The number of aromatic nitrogens is 4. The van der Waals surface area contributed by atoms with Crippen LogP contribution in [0, 0.1) is 0 Å². The van der Waals surface area contributed by atoms with E-state index in [0.29, 0.717) is 11.5 Å². The fourth-order valence-electron chi connectivity index (χ4n) is 1.97. The van der Waals surface area contributed by atoms with Crippen LogP contribution in [0.4, 0.5) is 18.9 Å². The summed E-state index contributed by atoms with van der Waals surface area (Å²) < 4.78 is 42.4. The zero-order valence-corrected chi connectivity index (χ0v) is 13.1. The number of nitrogens with zero attached hydrogens (tertiary/aromatic N) is 4. The Labute approximate surface area is 145 Å². The van der Waals surface area contributed by atoms with E-state index in [4.69, 9.17) is 0 Å². The van der Waals surface area contributed by atoms with Gasteiger partial charge in [-0.05, 0) is 18.2 Å². The second kappa shape index (κ2) is 7.21. The van der Waals surface area contributed by atoms with Crippen LogP contribution in [0.15, 0.2) is 55.4 Å². The molecule has 3 rings (SSSR count). The highest BCUT2D eigenvalue weighted by molar-refractivity contribution is 6.04. The maximum atomic E-state index is 12.1. The predicted octanol–water partition coefficient (Wildman–Crippen LogP) is 2.86. The maximum absolute atomic E-state index is 12.1. The summed E-state index contributed by atoms with van der Waals surface area (Å²) in [6.07, 6.45) is 3.10. The number of nitrogens with one attached hydrogen (secondary N) is 1. The third kappa shape index (κ3) is 4.56. The van der Waals surface area contributed by atoms with Crippen molar-refractivity contribution in [3.63, 3.8) is 0 Å². The van der Waals surface area contributed by atoms with Gasteiger partial charge in [0.15, 0.2) is 6.61 Å². The highest BCUT2D eigenvalue weighted by atomic mass is 19.4. The van der Waals surface area contributed by atoms with E-state index >= 15 is 0 Å². The number of carbonyl (C=O) groups is 1. The monoisotopic (exact) mass is 363 g/mol. The normalized spacial score (nSPS) is 11.2. The topological polar surface area (TPSA) is 81.9 Å². The predicted molar refractivity (Wildman–Crippen MR) is 85.1 cm³/mol. The molecule has 0 atom stereocenters. The molecule has 0 unspecified atom stereocenters. The number of carbonyl (C=O) groups excluding carboxylic acids is 1. The van der Waals surface area contributed by atoms with Crippen LogP contribution in [0.5, 0.6) is 5.88 Å². The van der Waals surface area contributed by atoms with E-state index in [-0.39, 0.29) is 11.4 Å². The van der Waals surface area contributed by atoms with Gasteiger partial charge in [-0.3, -0.25) is 9.36 Å². The van der Waals surface area contributed by atoms with Crippen LogP contribution in [0.1, 0.15) is 10.4 Å². The second-order valence-electron chi connectivity index (χ2n) is 5.12. The molecule has 0 spiro atoms. The van der Waals surface area contributed by atoms with Crippen molar-refractivity contribution in [1.29, 1.82) is 0 Å². The molecule has 0 aliphatic rings.